The van der Waals surface area contributed by atoms with Gasteiger partial charge in [0.25, 0.3) is 5.91 Å². The van der Waals surface area contributed by atoms with E-state index in [-0.39, 0.29) is 5.91 Å². The number of anilines is 1. The van der Waals surface area contributed by atoms with E-state index in [0.717, 1.165) is 10.2 Å². The molecular formula is C9H8BrN3O. The second kappa shape index (κ2) is 3.49. The fraction of sp³-hybridized carbons (Fsp3) is 0.222. The highest BCUT2D eigenvalue weighted by Gasteiger charge is 2.23. The molecule has 0 bridgehead atoms. The molecule has 72 valence electrons. The first-order valence-electron chi connectivity index (χ1n) is 4.15. The maximum Gasteiger partial charge on any atom is 0.254 e. The predicted octanol–water partition coefficient (Wildman–Crippen LogP) is 1.96. The summed E-state index contributed by atoms with van der Waals surface area (Å²) < 4.78 is 0.883. The van der Waals surface area contributed by atoms with E-state index in [0.29, 0.717) is 12.2 Å². The molecule has 14 heavy (non-hydrogen) atoms. The van der Waals surface area contributed by atoms with Crippen molar-refractivity contribution in [3.05, 3.63) is 22.8 Å². The molecule has 1 amide bonds. The summed E-state index contributed by atoms with van der Waals surface area (Å²) in [5.74, 6) is 0.535. The van der Waals surface area contributed by atoms with Gasteiger partial charge in [-0.15, -0.1) is 0 Å². The number of pyridine rings is 1. The van der Waals surface area contributed by atoms with Gasteiger partial charge in [0.15, 0.2) is 5.82 Å². The summed E-state index contributed by atoms with van der Waals surface area (Å²) in [6.07, 6.45) is 2.03. The standard InChI is InChI=1S/C9H8BrN3O/c1-6-4-9(14)13(12-6)8-3-2-7(10)5-11-8/h2-3,5H,4H2,1H3. The van der Waals surface area contributed by atoms with Crippen LogP contribution in [0.3, 0.4) is 0 Å². The topological polar surface area (TPSA) is 45.6 Å². The Morgan fingerprint density at radius 3 is 2.79 bits per heavy atom. The van der Waals surface area contributed by atoms with Gasteiger partial charge >= 0.3 is 0 Å². The van der Waals surface area contributed by atoms with Gasteiger partial charge in [0.1, 0.15) is 0 Å². The zero-order chi connectivity index (χ0) is 10.1. The predicted molar refractivity (Wildman–Crippen MR) is 57.1 cm³/mol. The number of hydrogen-bond donors (Lipinski definition) is 0. The van der Waals surface area contributed by atoms with E-state index in [9.17, 15) is 4.79 Å². The molecule has 0 N–H and O–H groups in total. The molecule has 0 unspecified atom stereocenters. The zero-order valence-electron chi connectivity index (χ0n) is 7.57. The van der Waals surface area contributed by atoms with E-state index in [1.807, 2.05) is 13.0 Å². The van der Waals surface area contributed by atoms with Crippen LogP contribution in [0.25, 0.3) is 0 Å². The third kappa shape index (κ3) is 1.68. The van der Waals surface area contributed by atoms with E-state index < -0.39 is 0 Å². The fourth-order valence-electron chi connectivity index (χ4n) is 1.23. The second-order valence-electron chi connectivity index (χ2n) is 3.05. The smallest absolute Gasteiger partial charge is 0.254 e. The van der Waals surface area contributed by atoms with E-state index in [4.69, 9.17) is 0 Å². The molecule has 4 nitrogen and oxygen atoms in total. The third-order valence-electron chi connectivity index (χ3n) is 1.84. The third-order valence-corrected chi connectivity index (χ3v) is 2.31. The average molecular weight is 254 g/mol. The Hall–Kier alpha value is -1.23. The quantitative estimate of drug-likeness (QED) is 0.768. The maximum absolute atomic E-state index is 11.4. The van der Waals surface area contributed by atoms with Crippen LogP contribution < -0.4 is 5.01 Å². The highest BCUT2D eigenvalue weighted by molar-refractivity contribution is 9.10. The number of carbonyl (C=O) groups excluding carboxylic acids is 1. The van der Waals surface area contributed by atoms with E-state index in [2.05, 4.69) is 26.0 Å². The molecule has 0 saturated carbocycles. The molecule has 2 rings (SSSR count). The fourth-order valence-corrected chi connectivity index (χ4v) is 1.46. The number of amides is 1. The molecule has 0 aliphatic carbocycles. The molecule has 1 aliphatic rings. The van der Waals surface area contributed by atoms with Crippen LogP contribution in [-0.4, -0.2) is 16.6 Å². The summed E-state index contributed by atoms with van der Waals surface area (Å²) in [6, 6.07) is 3.59. The molecule has 2 heterocycles. The minimum absolute atomic E-state index is 0.0303. The van der Waals surface area contributed by atoms with Crippen LogP contribution in [0.1, 0.15) is 13.3 Å². The Kier molecular flexibility index (Phi) is 2.33. The van der Waals surface area contributed by atoms with Gasteiger partial charge in [-0.25, -0.2) is 4.98 Å². The zero-order valence-corrected chi connectivity index (χ0v) is 9.15. The largest absolute Gasteiger partial charge is 0.272 e. The number of rotatable bonds is 1. The first kappa shape index (κ1) is 9.33. The van der Waals surface area contributed by atoms with Gasteiger partial charge < -0.3 is 0 Å². The minimum atomic E-state index is -0.0303. The van der Waals surface area contributed by atoms with Crippen LogP contribution in [0.15, 0.2) is 27.9 Å². The Morgan fingerprint density at radius 1 is 1.50 bits per heavy atom. The van der Waals surface area contributed by atoms with Crippen LogP contribution in [0.5, 0.6) is 0 Å². The minimum Gasteiger partial charge on any atom is -0.272 e. The first-order chi connectivity index (χ1) is 6.66. The molecule has 1 aromatic heterocycles. The molecule has 1 aromatic rings. The lowest BCUT2D eigenvalue weighted by Crippen LogP contribution is -2.20. The first-order valence-corrected chi connectivity index (χ1v) is 4.95. The lowest BCUT2D eigenvalue weighted by atomic mass is 10.3. The second-order valence-corrected chi connectivity index (χ2v) is 3.97. The lowest BCUT2D eigenvalue weighted by Gasteiger charge is -2.09. The monoisotopic (exact) mass is 253 g/mol. The van der Waals surface area contributed by atoms with Crippen molar-refractivity contribution >= 4 is 33.4 Å². The van der Waals surface area contributed by atoms with Crippen molar-refractivity contribution in [3.63, 3.8) is 0 Å². The van der Waals surface area contributed by atoms with Gasteiger partial charge in [0, 0.05) is 16.4 Å². The number of aromatic nitrogens is 1. The molecule has 0 fully saturated rings. The lowest BCUT2D eigenvalue weighted by molar-refractivity contribution is -0.116. The van der Waals surface area contributed by atoms with Crippen molar-refractivity contribution in [1.29, 1.82) is 0 Å². The Morgan fingerprint density at radius 2 is 2.29 bits per heavy atom. The van der Waals surface area contributed by atoms with Crippen molar-refractivity contribution in [2.45, 2.75) is 13.3 Å². The molecule has 0 radical (unpaired) electrons. The highest BCUT2D eigenvalue weighted by Crippen LogP contribution is 2.19. The summed E-state index contributed by atoms with van der Waals surface area (Å²) in [5, 5.41) is 5.43. The summed E-state index contributed by atoms with van der Waals surface area (Å²) in [5.41, 5.74) is 0.819. The molecule has 5 heteroatoms. The van der Waals surface area contributed by atoms with Gasteiger partial charge in [-0.2, -0.15) is 10.1 Å². The molecule has 0 saturated heterocycles. The highest BCUT2D eigenvalue weighted by atomic mass is 79.9. The van der Waals surface area contributed by atoms with Crippen molar-refractivity contribution < 1.29 is 4.79 Å². The van der Waals surface area contributed by atoms with Gasteiger partial charge in [0.05, 0.1) is 6.42 Å². The van der Waals surface area contributed by atoms with Gasteiger partial charge in [-0.05, 0) is 35.0 Å². The Bertz CT molecular complexity index is 399. The number of hydrogen-bond acceptors (Lipinski definition) is 3. The van der Waals surface area contributed by atoms with Crippen molar-refractivity contribution in [2.24, 2.45) is 5.10 Å². The van der Waals surface area contributed by atoms with Crippen molar-refractivity contribution in [2.75, 3.05) is 5.01 Å². The van der Waals surface area contributed by atoms with Gasteiger partial charge in [-0.1, -0.05) is 0 Å². The summed E-state index contributed by atoms with van der Waals surface area (Å²) in [4.78, 5) is 15.5. The average Bonchev–Trinajstić information content (AvgIpc) is 2.47. The maximum atomic E-state index is 11.4. The van der Waals surface area contributed by atoms with Crippen LogP contribution in [0.2, 0.25) is 0 Å². The molecular weight excluding hydrogens is 246 g/mol. The normalized spacial score (nSPS) is 16.0. The van der Waals surface area contributed by atoms with E-state index >= 15 is 0 Å². The van der Waals surface area contributed by atoms with Gasteiger partial charge in [0.2, 0.25) is 0 Å². The van der Waals surface area contributed by atoms with Crippen molar-refractivity contribution in [1.82, 2.24) is 4.98 Å². The number of hydrazone groups is 1. The summed E-state index contributed by atoms with van der Waals surface area (Å²) in [7, 11) is 0. The Labute approximate surface area is 89.8 Å². The van der Waals surface area contributed by atoms with E-state index in [1.54, 1.807) is 12.3 Å². The molecule has 0 atom stereocenters. The number of carbonyl (C=O) groups is 1. The Balaban J connectivity index is 2.32. The molecule has 1 aliphatic heterocycles. The summed E-state index contributed by atoms with van der Waals surface area (Å²) in [6.45, 7) is 1.83. The SMILES string of the molecule is CC1=NN(c2ccc(Br)cn2)C(=O)C1. The van der Waals surface area contributed by atoms with Gasteiger partial charge in [-0.3, -0.25) is 4.79 Å². The van der Waals surface area contributed by atoms with Crippen LogP contribution in [-0.2, 0) is 4.79 Å². The number of nitrogens with zero attached hydrogens (tertiary/aromatic N) is 3. The molecule has 0 aromatic carbocycles. The van der Waals surface area contributed by atoms with Crippen LogP contribution in [0, 0.1) is 0 Å². The van der Waals surface area contributed by atoms with Crippen LogP contribution >= 0.6 is 15.9 Å². The van der Waals surface area contributed by atoms with E-state index in [1.165, 1.54) is 5.01 Å². The van der Waals surface area contributed by atoms with Crippen LogP contribution in [0.4, 0.5) is 5.82 Å². The van der Waals surface area contributed by atoms with Crippen molar-refractivity contribution in [3.8, 4) is 0 Å². The summed E-state index contributed by atoms with van der Waals surface area (Å²) >= 11 is 3.28. The number of halogens is 1. The molecule has 0 spiro atoms.